The summed E-state index contributed by atoms with van der Waals surface area (Å²) in [6.45, 7) is 4.13. The van der Waals surface area contributed by atoms with Crippen molar-refractivity contribution in [3.63, 3.8) is 0 Å². The van der Waals surface area contributed by atoms with Gasteiger partial charge in [0.25, 0.3) is 16.8 Å². The van der Waals surface area contributed by atoms with E-state index in [1.165, 1.54) is 17.4 Å². The van der Waals surface area contributed by atoms with Gasteiger partial charge in [0, 0.05) is 20.1 Å². The number of hydrogen-bond donors (Lipinski definition) is 3. The van der Waals surface area contributed by atoms with Crippen LogP contribution >= 0.6 is 0 Å². The Balaban J connectivity index is 2.15. The highest BCUT2D eigenvalue weighted by molar-refractivity contribution is 5.99. The van der Waals surface area contributed by atoms with Crippen LogP contribution in [0.25, 0.3) is 0 Å². The Morgan fingerprint density at radius 1 is 1.11 bits per heavy atom. The van der Waals surface area contributed by atoms with E-state index in [1.54, 1.807) is 26.2 Å². The van der Waals surface area contributed by atoms with Crippen LogP contribution in [-0.4, -0.2) is 36.1 Å². The third kappa shape index (κ3) is 4.71. The zero-order valence-corrected chi connectivity index (χ0v) is 17.0. The first-order valence-corrected chi connectivity index (χ1v) is 9.68. The largest absolute Gasteiger partial charge is 0.505 e. The van der Waals surface area contributed by atoms with Gasteiger partial charge < -0.3 is 20.6 Å². The highest BCUT2D eigenvalue weighted by Gasteiger charge is 2.24. The van der Waals surface area contributed by atoms with Crippen molar-refractivity contribution in [3.8, 4) is 5.75 Å². The molecule has 2 aromatic rings. The quantitative estimate of drug-likeness (QED) is 0.329. The Morgan fingerprint density at radius 3 is 2.43 bits per heavy atom. The molecule has 0 aliphatic carbocycles. The molecule has 1 amide bonds. The Labute approximate surface area is 165 Å². The van der Waals surface area contributed by atoms with Crippen molar-refractivity contribution in [1.82, 2.24) is 4.90 Å². The topological polar surface area (TPSA) is 98.7 Å². The van der Waals surface area contributed by atoms with Gasteiger partial charge in [0.05, 0.1) is 11.3 Å². The summed E-state index contributed by atoms with van der Waals surface area (Å²) >= 11 is 0. The van der Waals surface area contributed by atoms with Crippen molar-refractivity contribution in [3.05, 3.63) is 44.2 Å². The number of rotatable bonds is 10. The molecule has 7 nitrogen and oxygen atoms in total. The lowest BCUT2D eigenvalue weighted by Gasteiger charge is -2.20. The average molecular weight is 387 g/mol. The number of carbonyl (C=O) groups excluding carboxylic acids is 1. The number of phenolic OH excluding ortho intramolecular Hbond substituents is 1. The number of amides is 1. The number of aromatic hydroxyl groups is 1. The summed E-state index contributed by atoms with van der Waals surface area (Å²) in [6, 6.07) is 4.71. The molecule has 28 heavy (non-hydrogen) atoms. The molecule has 0 aliphatic heterocycles. The lowest BCUT2D eigenvalue weighted by atomic mass is 10.1. The molecule has 0 heterocycles. The number of benzene rings is 1. The third-order valence-corrected chi connectivity index (χ3v) is 4.72. The van der Waals surface area contributed by atoms with Gasteiger partial charge in [-0.3, -0.25) is 14.4 Å². The van der Waals surface area contributed by atoms with Gasteiger partial charge in [0.1, 0.15) is 11.4 Å². The van der Waals surface area contributed by atoms with Crippen LogP contribution in [0, 0.1) is 0 Å². The number of nitrogens with zero attached hydrogens (tertiary/aromatic N) is 1. The minimum Gasteiger partial charge on any atom is -0.505 e. The van der Waals surface area contributed by atoms with Crippen molar-refractivity contribution in [1.29, 1.82) is 0 Å². The molecule has 1 atom stereocenters. The predicted octanol–water partition coefficient (Wildman–Crippen LogP) is 3.20. The van der Waals surface area contributed by atoms with Gasteiger partial charge in [-0.2, -0.15) is 0 Å². The monoisotopic (exact) mass is 387 g/mol. The first-order chi connectivity index (χ1) is 13.3. The molecule has 0 fully saturated rings. The van der Waals surface area contributed by atoms with E-state index in [9.17, 15) is 19.5 Å². The van der Waals surface area contributed by atoms with E-state index < -0.39 is 10.9 Å². The second kappa shape index (κ2) is 9.39. The summed E-state index contributed by atoms with van der Waals surface area (Å²) in [5, 5.41) is 16.3. The standard InChI is InChI=1S/C21H29N3O4/c1-5-6-7-8-10-13(2)22-16-17(20(27)19(16)26)23-15-12-9-11-14(18(15)25)21(28)24(3)4/h9,11-13,22-23,25H,5-8,10H2,1-4H3/t13-/m0/s1. The molecule has 0 saturated carbocycles. The van der Waals surface area contributed by atoms with Crippen LogP contribution in [0.5, 0.6) is 5.75 Å². The van der Waals surface area contributed by atoms with Gasteiger partial charge in [-0.05, 0) is 25.5 Å². The molecule has 2 aromatic carbocycles. The second-order valence-corrected chi connectivity index (χ2v) is 7.33. The number of phenols is 1. The Kier molecular flexibility index (Phi) is 7.20. The van der Waals surface area contributed by atoms with Crippen molar-refractivity contribution in [2.24, 2.45) is 0 Å². The Hall–Kier alpha value is -2.83. The number of anilines is 3. The molecule has 0 aliphatic rings. The van der Waals surface area contributed by atoms with Crippen molar-refractivity contribution in [2.75, 3.05) is 24.7 Å². The molecule has 3 N–H and O–H groups in total. The van der Waals surface area contributed by atoms with Crippen LogP contribution in [0.3, 0.4) is 0 Å². The SMILES string of the molecule is CCCCCC[C@H](C)Nc1c(Nc2cccc(C(=O)N(C)C)c2O)c(=O)c1=O. The fraction of sp³-hybridized carbons (Fsp3) is 0.476. The van der Waals surface area contributed by atoms with E-state index in [4.69, 9.17) is 0 Å². The maximum atomic E-state index is 12.2. The van der Waals surface area contributed by atoms with Crippen molar-refractivity contribution >= 4 is 23.0 Å². The fourth-order valence-corrected chi connectivity index (χ4v) is 3.04. The highest BCUT2D eigenvalue weighted by Crippen LogP contribution is 2.32. The second-order valence-electron chi connectivity index (χ2n) is 7.33. The number of para-hydroxylation sites is 1. The Bertz CT molecular complexity index is 898. The highest BCUT2D eigenvalue weighted by atomic mass is 16.3. The van der Waals surface area contributed by atoms with E-state index in [2.05, 4.69) is 17.6 Å². The van der Waals surface area contributed by atoms with Crippen LogP contribution in [0.15, 0.2) is 27.8 Å². The van der Waals surface area contributed by atoms with Gasteiger partial charge in [0.2, 0.25) is 0 Å². The Morgan fingerprint density at radius 2 is 1.79 bits per heavy atom. The first-order valence-electron chi connectivity index (χ1n) is 9.68. The molecule has 0 unspecified atom stereocenters. The minimum absolute atomic E-state index is 0.0518. The van der Waals surface area contributed by atoms with Crippen LogP contribution in [0.1, 0.15) is 56.3 Å². The molecule has 152 valence electrons. The van der Waals surface area contributed by atoms with E-state index in [0.29, 0.717) is 0 Å². The molecule has 0 aromatic heterocycles. The van der Waals surface area contributed by atoms with Gasteiger partial charge >= 0.3 is 0 Å². The van der Waals surface area contributed by atoms with Crippen molar-refractivity contribution < 1.29 is 9.90 Å². The zero-order valence-electron chi connectivity index (χ0n) is 17.0. The maximum Gasteiger partial charge on any atom is 0.257 e. The third-order valence-electron chi connectivity index (χ3n) is 4.72. The number of carbonyl (C=O) groups is 1. The maximum absolute atomic E-state index is 12.2. The summed E-state index contributed by atoms with van der Waals surface area (Å²) in [7, 11) is 3.17. The molecule has 0 radical (unpaired) electrons. The lowest BCUT2D eigenvalue weighted by molar-refractivity contribution is 0.0824. The van der Waals surface area contributed by atoms with Gasteiger partial charge in [0.15, 0.2) is 5.75 Å². The van der Waals surface area contributed by atoms with Gasteiger partial charge in [-0.25, -0.2) is 0 Å². The first kappa shape index (κ1) is 21.5. The summed E-state index contributed by atoms with van der Waals surface area (Å²) in [4.78, 5) is 37.5. The van der Waals surface area contributed by atoms with Crippen LogP contribution in [0.4, 0.5) is 17.1 Å². The molecular formula is C21H29N3O4. The molecule has 0 bridgehead atoms. The van der Waals surface area contributed by atoms with Gasteiger partial charge in [-0.15, -0.1) is 0 Å². The summed E-state index contributed by atoms with van der Waals surface area (Å²) in [5.41, 5.74) is -0.523. The number of hydrogen-bond acceptors (Lipinski definition) is 6. The van der Waals surface area contributed by atoms with E-state index in [-0.39, 0.29) is 40.3 Å². The number of nitrogens with one attached hydrogen (secondary N) is 2. The smallest absolute Gasteiger partial charge is 0.257 e. The lowest BCUT2D eigenvalue weighted by Crippen LogP contribution is -2.38. The van der Waals surface area contributed by atoms with Crippen LogP contribution in [-0.2, 0) is 0 Å². The van der Waals surface area contributed by atoms with E-state index in [0.717, 1.165) is 25.7 Å². The molecular weight excluding hydrogens is 358 g/mol. The van der Waals surface area contributed by atoms with Crippen LogP contribution in [0.2, 0.25) is 0 Å². The minimum atomic E-state index is -0.635. The molecule has 0 saturated heterocycles. The molecule has 7 heteroatoms. The molecule has 0 spiro atoms. The predicted molar refractivity (Wildman–Crippen MR) is 113 cm³/mol. The normalized spacial score (nSPS) is 12.0. The molecule has 2 rings (SSSR count). The summed E-state index contributed by atoms with van der Waals surface area (Å²) in [6.07, 6.45) is 5.43. The fourth-order valence-electron chi connectivity index (χ4n) is 3.04. The number of unbranched alkanes of at least 4 members (excludes halogenated alkanes) is 3. The van der Waals surface area contributed by atoms with Crippen molar-refractivity contribution in [2.45, 2.75) is 52.0 Å². The zero-order chi connectivity index (χ0) is 20.8. The average Bonchev–Trinajstić information content (AvgIpc) is 2.68. The van der Waals surface area contributed by atoms with Crippen LogP contribution < -0.4 is 21.5 Å². The summed E-state index contributed by atoms with van der Waals surface area (Å²) < 4.78 is 0. The van der Waals surface area contributed by atoms with Gasteiger partial charge in [-0.1, -0.05) is 38.7 Å². The van der Waals surface area contributed by atoms with E-state index in [1.807, 2.05) is 6.92 Å². The van der Waals surface area contributed by atoms with E-state index >= 15 is 0 Å². The summed E-state index contributed by atoms with van der Waals surface area (Å²) in [5.74, 6) is -0.613.